The SMILES string of the molecule is CC(=O)OCCN1CCCC1=O.CO.COC(C)=O.O=C1CCCN1CCO. The number of carbonyl (C=O) groups excluding carboxylic acids is 4. The van der Waals surface area contributed by atoms with Crippen LogP contribution in [0.4, 0.5) is 0 Å². The number of carbonyl (C=O) groups is 4. The Balaban J connectivity index is 0. The molecule has 2 heterocycles. The van der Waals surface area contributed by atoms with Crippen LogP contribution in [0.15, 0.2) is 0 Å². The zero-order chi connectivity index (χ0) is 21.9. The Morgan fingerprint density at radius 3 is 1.64 bits per heavy atom. The average molecular weight is 406 g/mol. The Morgan fingerprint density at radius 2 is 1.36 bits per heavy atom. The Hall–Kier alpha value is -2.20. The molecular weight excluding hydrogens is 372 g/mol. The summed E-state index contributed by atoms with van der Waals surface area (Å²) in [5.41, 5.74) is 0. The van der Waals surface area contributed by atoms with Gasteiger partial charge >= 0.3 is 11.9 Å². The lowest BCUT2D eigenvalue weighted by Crippen LogP contribution is -2.28. The summed E-state index contributed by atoms with van der Waals surface area (Å²) in [6.45, 7) is 5.83. The van der Waals surface area contributed by atoms with Crippen LogP contribution in [0.5, 0.6) is 0 Å². The molecule has 2 rings (SSSR count). The number of hydrogen-bond donors (Lipinski definition) is 2. The van der Waals surface area contributed by atoms with Gasteiger partial charge in [0.15, 0.2) is 0 Å². The molecule has 2 N–H and O–H groups in total. The van der Waals surface area contributed by atoms with Crippen LogP contribution in [0, 0.1) is 0 Å². The lowest BCUT2D eigenvalue weighted by Gasteiger charge is -2.14. The summed E-state index contributed by atoms with van der Waals surface area (Å²) < 4.78 is 8.83. The van der Waals surface area contributed by atoms with E-state index in [0.717, 1.165) is 33.0 Å². The van der Waals surface area contributed by atoms with Crippen molar-refractivity contribution in [2.24, 2.45) is 0 Å². The van der Waals surface area contributed by atoms with E-state index in [1.54, 1.807) is 9.80 Å². The number of β-amino-alcohol motifs (C(OH)–C–C–N with tert-alkyl or cyclic N) is 1. The number of esters is 2. The highest BCUT2D eigenvalue weighted by atomic mass is 16.5. The van der Waals surface area contributed by atoms with Gasteiger partial charge in [0.1, 0.15) is 6.61 Å². The quantitative estimate of drug-likeness (QED) is 0.587. The van der Waals surface area contributed by atoms with Crippen molar-refractivity contribution in [3.05, 3.63) is 0 Å². The zero-order valence-corrected chi connectivity index (χ0v) is 17.3. The summed E-state index contributed by atoms with van der Waals surface area (Å²) in [5, 5.41) is 15.5. The van der Waals surface area contributed by atoms with Crippen LogP contribution < -0.4 is 0 Å². The molecule has 0 aliphatic carbocycles. The molecule has 0 radical (unpaired) electrons. The van der Waals surface area contributed by atoms with Crippen LogP contribution in [0.3, 0.4) is 0 Å². The lowest BCUT2D eigenvalue weighted by molar-refractivity contribution is -0.142. The van der Waals surface area contributed by atoms with Crippen molar-refractivity contribution in [2.45, 2.75) is 39.5 Å². The highest BCUT2D eigenvalue weighted by Crippen LogP contribution is 2.08. The van der Waals surface area contributed by atoms with Crippen molar-refractivity contribution >= 4 is 23.8 Å². The van der Waals surface area contributed by atoms with Crippen LogP contribution in [-0.4, -0.2) is 97.4 Å². The molecule has 10 nitrogen and oxygen atoms in total. The van der Waals surface area contributed by atoms with Gasteiger partial charge in [0.05, 0.1) is 20.3 Å². The Morgan fingerprint density at radius 1 is 0.929 bits per heavy atom. The van der Waals surface area contributed by atoms with E-state index in [1.807, 2.05) is 0 Å². The minimum atomic E-state index is -0.290. The molecule has 0 aromatic heterocycles. The summed E-state index contributed by atoms with van der Waals surface area (Å²) in [4.78, 5) is 45.2. The molecule has 10 heteroatoms. The fourth-order valence-corrected chi connectivity index (χ4v) is 2.30. The van der Waals surface area contributed by atoms with Crippen molar-refractivity contribution < 1.29 is 38.9 Å². The third-order valence-electron chi connectivity index (χ3n) is 3.67. The van der Waals surface area contributed by atoms with E-state index < -0.39 is 0 Å². The van der Waals surface area contributed by atoms with Gasteiger partial charge in [-0.1, -0.05) is 0 Å². The van der Waals surface area contributed by atoms with Crippen LogP contribution in [-0.2, 0) is 28.7 Å². The molecule has 28 heavy (non-hydrogen) atoms. The standard InChI is InChI=1S/C8H13NO3.C6H11NO2.C3H6O2.CH4O/c1-7(10)12-6-5-9-4-2-3-8(9)11;8-5-4-7-3-1-2-6(7)9;1-3(4)5-2;1-2/h2-6H2,1H3;8H,1-5H2;1-2H3;2H,1H3. The Kier molecular flexibility index (Phi) is 18.2. The predicted octanol–water partition coefficient (Wildman–Crippen LogP) is -0.439. The first-order chi connectivity index (χ1) is 13.3. The van der Waals surface area contributed by atoms with E-state index in [9.17, 15) is 19.2 Å². The third kappa shape index (κ3) is 14.9. The van der Waals surface area contributed by atoms with E-state index in [4.69, 9.17) is 14.9 Å². The molecular formula is C18H34N2O8. The van der Waals surface area contributed by atoms with Gasteiger partial charge in [-0.3, -0.25) is 19.2 Å². The van der Waals surface area contributed by atoms with Gasteiger partial charge in [-0.15, -0.1) is 0 Å². The van der Waals surface area contributed by atoms with Crippen molar-refractivity contribution in [1.82, 2.24) is 9.80 Å². The van der Waals surface area contributed by atoms with E-state index in [0.29, 0.717) is 32.5 Å². The molecule has 0 aromatic carbocycles. The maximum atomic E-state index is 11.0. The number of nitrogens with zero attached hydrogens (tertiary/aromatic N) is 2. The summed E-state index contributed by atoms with van der Waals surface area (Å²) in [7, 11) is 2.35. The minimum absolute atomic E-state index is 0.0890. The molecule has 2 amide bonds. The van der Waals surface area contributed by atoms with Crippen molar-refractivity contribution in [3.63, 3.8) is 0 Å². The topological polar surface area (TPSA) is 134 Å². The second kappa shape index (κ2) is 18.2. The number of aliphatic hydroxyl groups excluding tert-OH is 2. The monoisotopic (exact) mass is 406 g/mol. The summed E-state index contributed by atoms with van der Waals surface area (Å²) in [6.07, 6.45) is 3.19. The van der Waals surface area contributed by atoms with Crippen LogP contribution >= 0.6 is 0 Å². The largest absolute Gasteiger partial charge is 0.469 e. The molecule has 164 valence electrons. The maximum Gasteiger partial charge on any atom is 0.302 e. The number of likely N-dealkylation sites (tertiary alicyclic amines) is 2. The number of rotatable bonds is 5. The van der Waals surface area contributed by atoms with Gasteiger partial charge < -0.3 is 29.5 Å². The molecule has 0 spiro atoms. The highest BCUT2D eigenvalue weighted by Gasteiger charge is 2.19. The molecule has 0 unspecified atom stereocenters. The van der Waals surface area contributed by atoms with Gasteiger partial charge in [-0.05, 0) is 12.8 Å². The van der Waals surface area contributed by atoms with E-state index in [-0.39, 0.29) is 30.4 Å². The van der Waals surface area contributed by atoms with Crippen molar-refractivity contribution in [2.75, 3.05) is 53.6 Å². The number of methoxy groups -OCH3 is 1. The van der Waals surface area contributed by atoms with E-state index in [1.165, 1.54) is 21.0 Å². The van der Waals surface area contributed by atoms with Crippen LogP contribution in [0.25, 0.3) is 0 Å². The van der Waals surface area contributed by atoms with Gasteiger partial charge in [-0.25, -0.2) is 0 Å². The smallest absolute Gasteiger partial charge is 0.302 e. The third-order valence-corrected chi connectivity index (χ3v) is 3.67. The molecule has 2 fully saturated rings. The zero-order valence-electron chi connectivity index (χ0n) is 17.3. The number of ether oxygens (including phenoxy) is 2. The first-order valence-corrected chi connectivity index (χ1v) is 9.10. The summed E-state index contributed by atoms with van der Waals surface area (Å²) >= 11 is 0. The lowest BCUT2D eigenvalue weighted by atomic mass is 10.4. The average Bonchev–Trinajstić information content (AvgIpc) is 3.26. The molecule has 2 aliphatic heterocycles. The minimum Gasteiger partial charge on any atom is -0.469 e. The van der Waals surface area contributed by atoms with Crippen molar-refractivity contribution in [1.29, 1.82) is 0 Å². The van der Waals surface area contributed by atoms with E-state index >= 15 is 0 Å². The summed E-state index contributed by atoms with van der Waals surface area (Å²) in [6, 6.07) is 0. The molecule has 0 saturated carbocycles. The maximum absolute atomic E-state index is 11.0. The van der Waals surface area contributed by atoms with Crippen LogP contribution in [0.2, 0.25) is 0 Å². The molecule has 2 aliphatic rings. The first-order valence-electron chi connectivity index (χ1n) is 9.10. The van der Waals surface area contributed by atoms with Crippen molar-refractivity contribution in [3.8, 4) is 0 Å². The number of hydrogen-bond acceptors (Lipinski definition) is 8. The Labute approximate surface area is 166 Å². The summed E-state index contributed by atoms with van der Waals surface area (Å²) in [5.74, 6) is -0.183. The number of aliphatic hydroxyl groups is 2. The predicted molar refractivity (Wildman–Crippen MR) is 101 cm³/mol. The molecule has 0 atom stereocenters. The van der Waals surface area contributed by atoms with Gasteiger partial charge in [-0.2, -0.15) is 0 Å². The van der Waals surface area contributed by atoms with Gasteiger partial charge in [0, 0.05) is 53.4 Å². The van der Waals surface area contributed by atoms with E-state index in [2.05, 4.69) is 4.74 Å². The second-order valence-corrected chi connectivity index (χ2v) is 5.73. The molecule has 2 saturated heterocycles. The fraction of sp³-hybridized carbons (Fsp3) is 0.778. The van der Waals surface area contributed by atoms with Gasteiger partial charge in [0.25, 0.3) is 0 Å². The van der Waals surface area contributed by atoms with Crippen LogP contribution in [0.1, 0.15) is 39.5 Å². The normalized spacial score (nSPS) is 14.8. The highest BCUT2D eigenvalue weighted by molar-refractivity contribution is 5.78. The fourth-order valence-electron chi connectivity index (χ4n) is 2.30. The van der Waals surface area contributed by atoms with Gasteiger partial charge in [0.2, 0.25) is 11.8 Å². The first kappa shape index (κ1) is 28.0. The number of amides is 2. The molecule has 0 bridgehead atoms. The second-order valence-electron chi connectivity index (χ2n) is 5.73. The molecule has 0 aromatic rings. The Bertz CT molecular complexity index is 471.